The zero-order valence-corrected chi connectivity index (χ0v) is 20.3. The molecule has 3 heterocycles. The second-order valence-electron chi connectivity index (χ2n) is 8.30. The fraction of sp³-hybridized carbons (Fsp3) is 0.296. The average Bonchev–Trinajstić information content (AvgIpc) is 3.60. The van der Waals surface area contributed by atoms with Gasteiger partial charge < -0.3 is 28.5 Å². The fourth-order valence-corrected chi connectivity index (χ4v) is 4.23. The van der Waals surface area contributed by atoms with Gasteiger partial charge in [0.1, 0.15) is 12.4 Å². The predicted octanol–water partition coefficient (Wildman–Crippen LogP) is 4.42. The number of imidazole rings is 1. The molecule has 0 saturated carbocycles. The molecule has 1 aliphatic heterocycles. The Kier molecular flexibility index (Phi) is 7.58. The van der Waals surface area contributed by atoms with Crippen molar-refractivity contribution >= 4 is 11.7 Å². The number of nitrogens with zero attached hydrogens (tertiary/aromatic N) is 3. The minimum absolute atomic E-state index is 0.0285. The van der Waals surface area contributed by atoms with Crippen LogP contribution in [0.15, 0.2) is 77.5 Å². The summed E-state index contributed by atoms with van der Waals surface area (Å²) in [6.45, 7) is 8.86. The van der Waals surface area contributed by atoms with E-state index in [2.05, 4.69) is 11.6 Å². The van der Waals surface area contributed by atoms with Crippen molar-refractivity contribution in [3.8, 4) is 11.5 Å². The van der Waals surface area contributed by atoms with Gasteiger partial charge in [0.15, 0.2) is 23.0 Å². The number of aliphatic hydroxyl groups excluding tert-OH is 1. The van der Waals surface area contributed by atoms with Crippen LogP contribution in [0.5, 0.6) is 11.5 Å². The fourth-order valence-electron chi connectivity index (χ4n) is 4.23. The highest BCUT2D eigenvalue weighted by Gasteiger charge is 2.44. The van der Waals surface area contributed by atoms with Gasteiger partial charge in [-0.15, -0.1) is 0 Å². The molecule has 1 amide bonds. The summed E-state index contributed by atoms with van der Waals surface area (Å²) in [5.41, 5.74) is 0.579. The number of aromatic nitrogens is 2. The van der Waals surface area contributed by atoms with Crippen LogP contribution in [0, 0.1) is 6.92 Å². The van der Waals surface area contributed by atoms with Gasteiger partial charge in [0.2, 0.25) is 5.78 Å². The Morgan fingerprint density at radius 3 is 2.72 bits per heavy atom. The third-order valence-electron chi connectivity index (χ3n) is 5.83. The number of amides is 1. The second-order valence-corrected chi connectivity index (χ2v) is 8.30. The normalized spacial score (nSPS) is 15.4. The summed E-state index contributed by atoms with van der Waals surface area (Å²) < 4.78 is 18.9. The minimum atomic E-state index is -0.828. The van der Waals surface area contributed by atoms with E-state index in [1.54, 1.807) is 55.9 Å². The Labute approximate surface area is 209 Å². The highest BCUT2D eigenvalue weighted by atomic mass is 16.5. The third-order valence-corrected chi connectivity index (χ3v) is 5.83. The Hall–Kier alpha value is -4.27. The molecule has 9 heteroatoms. The number of hydrogen-bond donors (Lipinski definition) is 1. The highest BCUT2D eigenvalue weighted by Crippen LogP contribution is 2.42. The van der Waals surface area contributed by atoms with E-state index in [0.29, 0.717) is 55.5 Å². The molecule has 1 unspecified atom stereocenters. The molecular weight excluding hydrogens is 462 g/mol. The molecule has 4 rings (SSSR count). The Balaban J connectivity index is 1.72. The summed E-state index contributed by atoms with van der Waals surface area (Å²) in [5, 5.41) is 10.9. The van der Waals surface area contributed by atoms with Crippen LogP contribution >= 0.6 is 0 Å². The molecule has 0 bridgehead atoms. The van der Waals surface area contributed by atoms with Crippen LogP contribution in [0.25, 0.3) is 0 Å². The standard InChI is InChI=1S/C27H29N3O6/c1-4-15-35-20-10-8-19(16-22(20)34-5-2)24-23(25(31)21-9-7-18(3)36-21)26(32)27(33)30(24)13-6-12-29-14-11-28-17-29/h4,7-11,14,16-17,24,32H,1,5-6,12-13,15H2,2-3H3. The van der Waals surface area contributed by atoms with Crippen molar-refractivity contribution in [2.24, 2.45) is 0 Å². The molecular formula is C27H29N3O6. The summed E-state index contributed by atoms with van der Waals surface area (Å²) in [7, 11) is 0. The van der Waals surface area contributed by atoms with Crippen molar-refractivity contribution in [1.29, 1.82) is 0 Å². The van der Waals surface area contributed by atoms with Crippen molar-refractivity contribution in [2.45, 2.75) is 32.9 Å². The number of aliphatic hydroxyl groups is 1. The summed E-state index contributed by atoms with van der Waals surface area (Å²) in [6, 6.07) is 7.61. The SMILES string of the molecule is C=CCOc1ccc(C2C(C(=O)c3ccc(C)o3)=C(O)C(=O)N2CCCn2ccnc2)cc1OCC. The first kappa shape index (κ1) is 24.8. The molecule has 1 N–H and O–H groups in total. The van der Waals surface area contributed by atoms with Crippen LogP contribution in [-0.2, 0) is 11.3 Å². The van der Waals surface area contributed by atoms with E-state index in [1.807, 2.05) is 17.7 Å². The summed E-state index contributed by atoms with van der Waals surface area (Å²) >= 11 is 0. The Morgan fingerprint density at radius 2 is 2.06 bits per heavy atom. The van der Waals surface area contributed by atoms with Gasteiger partial charge in [-0.3, -0.25) is 9.59 Å². The number of carbonyl (C=O) groups excluding carboxylic acids is 2. The molecule has 0 aliphatic carbocycles. The number of benzene rings is 1. The summed E-state index contributed by atoms with van der Waals surface area (Å²) in [4.78, 5) is 32.2. The molecule has 3 aromatic rings. The molecule has 0 spiro atoms. The molecule has 1 aromatic carbocycles. The Morgan fingerprint density at radius 1 is 1.22 bits per heavy atom. The lowest BCUT2D eigenvalue weighted by molar-refractivity contribution is -0.129. The molecule has 188 valence electrons. The number of hydrogen-bond acceptors (Lipinski definition) is 7. The number of ketones is 1. The van der Waals surface area contributed by atoms with Gasteiger partial charge in [0.25, 0.3) is 5.91 Å². The largest absolute Gasteiger partial charge is 0.503 e. The summed E-state index contributed by atoms with van der Waals surface area (Å²) in [5.74, 6) is -0.134. The lowest BCUT2D eigenvalue weighted by Gasteiger charge is -2.27. The summed E-state index contributed by atoms with van der Waals surface area (Å²) in [6.07, 6.45) is 7.44. The van der Waals surface area contributed by atoms with E-state index in [1.165, 1.54) is 4.90 Å². The van der Waals surface area contributed by atoms with Gasteiger partial charge in [0, 0.05) is 25.5 Å². The lowest BCUT2D eigenvalue weighted by atomic mass is 9.94. The van der Waals surface area contributed by atoms with E-state index in [4.69, 9.17) is 13.9 Å². The first-order chi connectivity index (χ1) is 17.4. The van der Waals surface area contributed by atoms with E-state index >= 15 is 0 Å². The maximum absolute atomic E-state index is 13.5. The quantitative estimate of drug-likeness (QED) is 0.295. The van der Waals surface area contributed by atoms with Gasteiger partial charge in [-0.25, -0.2) is 4.98 Å². The minimum Gasteiger partial charge on any atom is -0.503 e. The molecule has 9 nitrogen and oxygen atoms in total. The van der Waals surface area contributed by atoms with Crippen LogP contribution in [0.3, 0.4) is 0 Å². The van der Waals surface area contributed by atoms with Gasteiger partial charge in [0.05, 0.1) is 24.5 Å². The molecule has 36 heavy (non-hydrogen) atoms. The number of aryl methyl sites for hydroxylation is 2. The molecule has 1 aliphatic rings. The Bertz CT molecular complexity index is 1270. The number of carbonyl (C=O) groups is 2. The number of furan rings is 1. The van der Waals surface area contributed by atoms with Gasteiger partial charge in [-0.05, 0) is 50.1 Å². The number of rotatable bonds is 12. The van der Waals surface area contributed by atoms with Crippen molar-refractivity contribution in [3.05, 3.63) is 90.1 Å². The van der Waals surface area contributed by atoms with E-state index in [9.17, 15) is 14.7 Å². The highest BCUT2D eigenvalue weighted by molar-refractivity contribution is 6.15. The molecule has 0 fully saturated rings. The molecule has 0 saturated heterocycles. The van der Waals surface area contributed by atoms with Crippen LogP contribution in [0.2, 0.25) is 0 Å². The maximum atomic E-state index is 13.5. The van der Waals surface area contributed by atoms with E-state index in [-0.39, 0.29) is 11.3 Å². The van der Waals surface area contributed by atoms with Crippen LogP contribution in [0.4, 0.5) is 0 Å². The van der Waals surface area contributed by atoms with Crippen LogP contribution in [-0.4, -0.2) is 51.0 Å². The van der Waals surface area contributed by atoms with Gasteiger partial charge in [-0.1, -0.05) is 18.7 Å². The maximum Gasteiger partial charge on any atom is 0.290 e. The molecule has 1 atom stereocenters. The first-order valence-corrected chi connectivity index (χ1v) is 11.8. The van der Waals surface area contributed by atoms with Gasteiger partial charge >= 0.3 is 0 Å². The second kappa shape index (κ2) is 11.0. The van der Waals surface area contributed by atoms with Crippen molar-refractivity contribution in [3.63, 3.8) is 0 Å². The average molecular weight is 492 g/mol. The number of Topliss-reactive ketones (excluding diaryl/α,β-unsaturated/α-hetero) is 1. The monoisotopic (exact) mass is 491 g/mol. The number of ether oxygens (including phenoxy) is 2. The van der Waals surface area contributed by atoms with Crippen molar-refractivity contribution in [2.75, 3.05) is 19.8 Å². The van der Waals surface area contributed by atoms with E-state index < -0.39 is 23.5 Å². The smallest absolute Gasteiger partial charge is 0.290 e. The lowest BCUT2D eigenvalue weighted by Crippen LogP contribution is -2.32. The van der Waals surface area contributed by atoms with Crippen LogP contribution in [0.1, 0.15) is 41.3 Å². The third kappa shape index (κ3) is 5.05. The first-order valence-electron chi connectivity index (χ1n) is 11.8. The zero-order valence-electron chi connectivity index (χ0n) is 20.3. The van der Waals surface area contributed by atoms with Crippen molar-refractivity contribution < 1.29 is 28.6 Å². The predicted molar refractivity (Wildman–Crippen MR) is 132 cm³/mol. The molecule has 0 radical (unpaired) electrons. The van der Waals surface area contributed by atoms with Crippen molar-refractivity contribution in [1.82, 2.24) is 14.5 Å². The van der Waals surface area contributed by atoms with Gasteiger partial charge in [-0.2, -0.15) is 0 Å². The topological polar surface area (TPSA) is 107 Å². The van der Waals surface area contributed by atoms with E-state index in [0.717, 1.165) is 0 Å². The van der Waals surface area contributed by atoms with Crippen LogP contribution < -0.4 is 9.47 Å². The zero-order chi connectivity index (χ0) is 25.7. The molecule has 2 aromatic heterocycles.